The average Bonchev–Trinajstić information content (AvgIpc) is 3.05. The normalized spacial score (nSPS) is 29.1. The van der Waals surface area contributed by atoms with Gasteiger partial charge in [-0.05, 0) is 12.5 Å². The molecule has 1 atom stereocenters. The second-order valence-corrected chi connectivity index (χ2v) is 5.25. The van der Waals surface area contributed by atoms with Crippen LogP contribution < -0.4 is 10.2 Å². The summed E-state index contributed by atoms with van der Waals surface area (Å²) in [5.74, 6) is -1.89. The van der Waals surface area contributed by atoms with Gasteiger partial charge in [-0.2, -0.15) is 0 Å². The summed E-state index contributed by atoms with van der Waals surface area (Å²) >= 11 is 0. The molecule has 19 heavy (non-hydrogen) atoms. The van der Waals surface area contributed by atoms with Gasteiger partial charge in [0.1, 0.15) is 23.3 Å². The summed E-state index contributed by atoms with van der Waals surface area (Å²) in [6.45, 7) is 0.654. The maximum absolute atomic E-state index is 13.7. The highest BCUT2D eigenvalue weighted by Crippen LogP contribution is 2.44. The summed E-state index contributed by atoms with van der Waals surface area (Å²) in [7, 11) is 0. The van der Waals surface area contributed by atoms with Crippen LogP contribution in [0.3, 0.4) is 0 Å². The van der Waals surface area contributed by atoms with Gasteiger partial charge in [0.15, 0.2) is 0 Å². The smallest absolute Gasteiger partial charge is 0.279 e. The summed E-state index contributed by atoms with van der Waals surface area (Å²) in [6, 6.07) is 1.88. The molecule has 0 aliphatic carbocycles. The third-order valence-electron chi connectivity index (χ3n) is 4.25. The predicted molar refractivity (Wildman–Crippen MR) is 66.4 cm³/mol. The first-order valence-electron chi connectivity index (χ1n) is 6.27. The van der Waals surface area contributed by atoms with E-state index in [4.69, 9.17) is 0 Å². The van der Waals surface area contributed by atoms with Crippen molar-refractivity contribution in [1.82, 2.24) is 20.3 Å². The Morgan fingerprint density at radius 2 is 2.21 bits per heavy atom. The molecule has 0 radical (unpaired) electrons. The molecule has 0 bridgehead atoms. The Kier molecular flexibility index (Phi) is 1.99. The van der Waals surface area contributed by atoms with Crippen LogP contribution in [0.4, 0.5) is 14.6 Å². The molecular weight excluding hydrogens is 252 g/mol. The van der Waals surface area contributed by atoms with Crippen molar-refractivity contribution in [2.75, 3.05) is 24.5 Å². The maximum atomic E-state index is 13.7. The Bertz CT molecular complexity index is 640. The largest absolute Gasteiger partial charge is 0.354 e. The van der Waals surface area contributed by atoms with E-state index < -0.39 is 11.5 Å². The Labute approximate surface area is 108 Å². The lowest BCUT2D eigenvalue weighted by atomic mass is 9.83. The van der Waals surface area contributed by atoms with Gasteiger partial charge in [0.25, 0.3) is 5.92 Å². The molecule has 0 aromatic carbocycles. The first kappa shape index (κ1) is 11.1. The zero-order valence-corrected chi connectivity index (χ0v) is 10.2. The monoisotopic (exact) mass is 265 g/mol. The summed E-state index contributed by atoms with van der Waals surface area (Å²) < 4.78 is 27.4. The summed E-state index contributed by atoms with van der Waals surface area (Å²) in [6.07, 6.45) is 3.69. The fourth-order valence-electron chi connectivity index (χ4n) is 3.02. The van der Waals surface area contributed by atoms with Gasteiger partial charge in [-0.25, -0.2) is 18.7 Å². The third kappa shape index (κ3) is 1.36. The Morgan fingerprint density at radius 3 is 2.89 bits per heavy atom. The minimum Gasteiger partial charge on any atom is -0.354 e. The van der Waals surface area contributed by atoms with Crippen molar-refractivity contribution in [1.29, 1.82) is 0 Å². The van der Waals surface area contributed by atoms with E-state index in [2.05, 4.69) is 20.3 Å². The maximum Gasteiger partial charge on any atom is 0.279 e. The zero-order chi connectivity index (χ0) is 13.1. The topological polar surface area (TPSA) is 56.8 Å². The molecule has 100 valence electrons. The fraction of sp³-hybridized carbons (Fsp3) is 0.500. The average molecular weight is 265 g/mol. The van der Waals surface area contributed by atoms with E-state index >= 15 is 0 Å². The van der Waals surface area contributed by atoms with Crippen molar-refractivity contribution in [3.05, 3.63) is 18.6 Å². The van der Waals surface area contributed by atoms with E-state index in [1.807, 2.05) is 11.0 Å². The quantitative estimate of drug-likeness (QED) is 0.812. The number of fused-ring (bicyclic) bond motifs is 1. The van der Waals surface area contributed by atoms with Crippen LogP contribution in [0.5, 0.6) is 0 Å². The predicted octanol–water partition coefficient (Wildman–Crippen LogP) is 1.15. The van der Waals surface area contributed by atoms with Crippen molar-refractivity contribution in [2.45, 2.75) is 17.9 Å². The van der Waals surface area contributed by atoms with Crippen molar-refractivity contribution < 1.29 is 8.78 Å². The van der Waals surface area contributed by atoms with Crippen LogP contribution in [0.1, 0.15) is 6.42 Å². The lowest BCUT2D eigenvalue weighted by Gasteiger charge is -2.47. The van der Waals surface area contributed by atoms with E-state index in [1.165, 1.54) is 6.33 Å². The molecule has 1 spiro atoms. The molecule has 2 aromatic rings. The number of halogens is 2. The molecule has 0 amide bonds. The van der Waals surface area contributed by atoms with Gasteiger partial charge in [0.05, 0.1) is 11.9 Å². The molecule has 2 fully saturated rings. The highest BCUT2D eigenvalue weighted by molar-refractivity contribution is 5.87. The number of H-pyrrole nitrogens is 1. The molecule has 2 N–H and O–H groups in total. The van der Waals surface area contributed by atoms with E-state index in [-0.39, 0.29) is 13.1 Å². The highest BCUT2D eigenvalue weighted by Gasteiger charge is 2.64. The Morgan fingerprint density at radius 1 is 1.32 bits per heavy atom. The first-order valence-corrected chi connectivity index (χ1v) is 6.27. The fourth-order valence-corrected chi connectivity index (χ4v) is 3.02. The van der Waals surface area contributed by atoms with Gasteiger partial charge in [0.2, 0.25) is 0 Å². The molecule has 5 nitrogen and oxygen atoms in total. The molecule has 0 unspecified atom stereocenters. The molecule has 0 saturated carbocycles. The lowest BCUT2D eigenvalue weighted by Crippen LogP contribution is -2.74. The number of hydrogen-bond donors (Lipinski definition) is 2. The number of nitrogens with one attached hydrogen (secondary N) is 2. The number of aromatic nitrogens is 3. The number of alkyl halides is 2. The number of hydrogen-bond acceptors (Lipinski definition) is 4. The molecule has 4 heterocycles. The van der Waals surface area contributed by atoms with E-state index in [0.29, 0.717) is 13.0 Å². The number of anilines is 1. The molecule has 2 aliphatic heterocycles. The second kappa shape index (κ2) is 3.41. The summed E-state index contributed by atoms with van der Waals surface area (Å²) in [4.78, 5) is 13.3. The molecule has 2 saturated heterocycles. The van der Waals surface area contributed by atoms with Crippen LogP contribution in [-0.4, -0.2) is 46.0 Å². The van der Waals surface area contributed by atoms with Crippen LogP contribution in [-0.2, 0) is 0 Å². The molecule has 4 rings (SSSR count). The number of nitrogens with zero attached hydrogens (tertiary/aromatic N) is 3. The van der Waals surface area contributed by atoms with Crippen molar-refractivity contribution in [3.63, 3.8) is 0 Å². The minimum atomic E-state index is -2.62. The number of rotatable bonds is 1. The van der Waals surface area contributed by atoms with Crippen LogP contribution in [0.15, 0.2) is 18.6 Å². The summed E-state index contributed by atoms with van der Waals surface area (Å²) in [5.41, 5.74) is -0.333. The summed E-state index contributed by atoms with van der Waals surface area (Å²) in [5, 5.41) is 3.79. The van der Waals surface area contributed by atoms with E-state index in [0.717, 1.165) is 16.9 Å². The molecule has 2 aliphatic rings. The van der Waals surface area contributed by atoms with Crippen LogP contribution in [0, 0.1) is 0 Å². The Hall–Kier alpha value is -1.76. The lowest BCUT2D eigenvalue weighted by molar-refractivity contribution is -0.145. The standard InChI is InChI=1S/C12H13F2N5/c13-12(14)5-18-11(12)2-4-19(6-11)10-8-1-3-15-9(8)16-7-17-10/h1,3,7,18H,2,4-6H2,(H,15,16,17)/t11-/m0/s1. The first-order chi connectivity index (χ1) is 9.11. The van der Waals surface area contributed by atoms with Crippen LogP contribution in [0.2, 0.25) is 0 Å². The minimum absolute atomic E-state index is 0.218. The van der Waals surface area contributed by atoms with Gasteiger partial charge >= 0.3 is 0 Å². The van der Waals surface area contributed by atoms with Crippen molar-refractivity contribution in [2.24, 2.45) is 0 Å². The van der Waals surface area contributed by atoms with Gasteiger partial charge in [-0.1, -0.05) is 0 Å². The van der Waals surface area contributed by atoms with Gasteiger partial charge < -0.3 is 9.88 Å². The Balaban J connectivity index is 1.70. The molecule has 7 heteroatoms. The van der Waals surface area contributed by atoms with E-state index in [1.54, 1.807) is 6.20 Å². The highest BCUT2D eigenvalue weighted by atomic mass is 19.3. The molecule has 2 aromatic heterocycles. The van der Waals surface area contributed by atoms with E-state index in [9.17, 15) is 8.78 Å². The number of aromatic amines is 1. The third-order valence-corrected chi connectivity index (χ3v) is 4.25. The second-order valence-electron chi connectivity index (χ2n) is 5.25. The van der Waals surface area contributed by atoms with Gasteiger partial charge in [-0.3, -0.25) is 5.32 Å². The molecular formula is C12H13F2N5. The zero-order valence-electron chi connectivity index (χ0n) is 10.2. The van der Waals surface area contributed by atoms with Crippen LogP contribution >= 0.6 is 0 Å². The van der Waals surface area contributed by atoms with Gasteiger partial charge in [-0.15, -0.1) is 0 Å². The SMILES string of the molecule is FC1(F)CN[C@]12CCN(c1ncnc3[nH]ccc13)C2. The van der Waals surface area contributed by atoms with Gasteiger partial charge in [0, 0.05) is 19.3 Å². The van der Waals surface area contributed by atoms with Crippen molar-refractivity contribution >= 4 is 16.9 Å². The van der Waals surface area contributed by atoms with Crippen molar-refractivity contribution in [3.8, 4) is 0 Å². The van der Waals surface area contributed by atoms with Crippen LogP contribution in [0.25, 0.3) is 11.0 Å².